The summed E-state index contributed by atoms with van der Waals surface area (Å²) >= 11 is 0. The van der Waals surface area contributed by atoms with E-state index in [2.05, 4.69) is 11.3 Å². The van der Waals surface area contributed by atoms with Gasteiger partial charge < -0.3 is 9.84 Å². The summed E-state index contributed by atoms with van der Waals surface area (Å²) in [5.41, 5.74) is 0. The van der Waals surface area contributed by atoms with E-state index in [0.29, 0.717) is 0 Å². The molecular formula is C7H11FO3. The van der Waals surface area contributed by atoms with Crippen molar-refractivity contribution in [3.63, 3.8) is 0 Å². The Morgan fingerprint density at radius 1 is 1.91 bits per heavy atom. The van der Waals surface area contributed by atoms with Crippen LogP contribution in [-0.2, 0) is 9.53 Å². The fourth-order valence-electron chi connectivity index (χ4n) is 0.481. The average molecular weight is 162 g/mol. The molecule has 0 spiro atoms. The molecule has 0 amide bonds. The Morgan fingerprint density at radius 2 is 2.45 bits per heavy atom. The van der Waals surface area contributed by atoms with Gasteiger partial charge in [0, 0.05) is 0 Å². The van der Waals surface area contributed by atoms with Gasteiger partial charge in [-0.05, 0) is 6.92 Å². The van der Waals surface area contributed by atoms with Crippen LogP contribution in [0.3, 0.4) is 0 Å². The highest BCUT2D eigenvalue weighted by atomic mass is 19.1. The van der Waals surface area contributed by atoms with Gasteiger partial charge in [0.15, 0.2) is 0 Å². The molecule has 1 N–H and O–H groups in total. The molecule has 0 saturated heterocycles. The molecule has 11 heavy (non-hydrogen) atoms. The maximum Gasteiger partial charge on any atom is 0.343 e. The van der Waals surface area contributed by atoms with Crippen LogP contribution >= 0.6 is 0 Å². The molecule has 0 aliphatic carbocycles. The number of esters is 1. The van der Waals surface area contributed by atoms with Gasteiger partial charge in [0.2, 0.25) is 6.17 Å². The minimum absolute atomic E-state index is 0.100. The number of halogens is 1. The molecule has 0 aromatic rings. The summed E-state index contributed by atoms with van der Waals surface area (Å²) in [4.78, 5) is 10.5. The van der Waals surface area contributed by atoms with E-state index in [4.69, 9.17) is 5.11 Å². The van der Waals surface area contributed by atoms with Gasteiger partial charge in [-0.15, -0.1) is 6.58 Å². The molecule has 2 atom stereocenters. The van der Waals surface area contributed by atoms with E-state index in [1.807, 2.05) is 0 Å². The van der Waals surface area contributed by atoms with Crippen LogP contribution in [0.2, 0.25) is 0 Å². The summed E-state index contributed by atoms with van der Waals surface area (Å²) in [5, 5.41) is 8.73. The quantitative estimate of drug-likeness (QED) is 0.481. The molecular weight excluding hydrogens is 151 g/mol. The molecule has 4 heteroatoms. The lowest BCUT2D eigenvalue weighted by Crippen LogP contribution is -2.30. The average Bonchev–Trinajstić information content (AvgIpc) is 2.02. The third kappa shape index (κ3) is 3.13. The molecule has 2 unspecified atom stereocenters. The van der Waals surface area contributed by atoms with Crippen molar-refractivity contribution in [1.82, 2.24) is 0 Å². The van der Waals surface area contributed by atoms with Gasteiger partial charge in [-0.25, -0.2) is 9.18 Å². The highest BCUT2D eigenvalue weighted by Gasteiger charge is 2.24. The predicted octanol–water partition coefficient (Wildman–Crippen LogP) is 0.434. The van der Waals surface area contributed by atoms with E-state index in [0.717, 1.165) is 6.08 Å². The molecule has 0 aliphatic rings. The zero-order valence-electron chi connectivity index (χ0n) is 6.29. The first-order valence-corrected chi connectivity index (χ1v) is 3.24. The lowest BCUT2D eigenvalue weighted by Gasteiger charge is -2.09. The van der Waals surface area contributed by atoms with E-state index in [-0.39, 0.29) is 6.61 Å². The first-order chi connectivity index (χ1) is 5.13. The fourth-order valence-corrected chi connectivity index (χ4v) is 0.481. The standard InChI is InChI=1S/C7H11FO3/c1-3-5(9)6(8)7(10)11-4-2/h3,5-6,9H,1,4H2,2H3. The Morgan fingerprint density at radius 3 is 2.82 bits per heavy atom. The van der Waals surface area contributed by atoms with Crippen LogP contribution in [0.25, 0.3) is 0 Å². The number of rotatable bonds is 4. The van der Waals surface area contributed by atoms with Crippen molar-refractivity contribution in [1.29, 1.82) is 0 Å². The Balaban J connectivity index is 3.90. The van der Waals surface area contributed by atoms with Crippen molar-refractivity contribution < 1.29 is 19.0 Å². The molecule has 0 aromatic carbocycles. The number of carbonyl (C=O) groups is 1. The molecule has 0 heterocycles. The molecule has 0 aliphatic heterocycles. The SMILES string of the molecule is C=CC(O)C(F)C(=O)OCC. The third-order valence-electron chi connectivity index (χ3n) is 1.05. The second-order valence-electron chi connectivity index (χ2n) is 1.88. The first-order valence-electron chi connectivity index (χ1n) is 3.24. The van der Waals surface area contributed by atoms with Gasteiger partial charge in [0.1, 0.15) is 6.10 Å². The van der Waals surface area contributed by atoms with Crippen LogP contribution < -0.4 is 0 Å². The molecule has 0 saturated carbocycles. The van der Waals surface area contributed by atoms with Crippen molar-refractivity contribution in [3.8, 4) is 0 Å². The van der Waals surface area contributed by atoms with Crippen molar-refractivity contribution in [3.05, 3.63) is 12.7 Å². The number of aliphatic hydroxyl groups excluding tert-OH is 1. The zero-order valence-corrected chi connectivity index (χ0v) is 6.29. The van der Waals surface area contributed by atoms with E-state index in [1.165, 1.54) is 0 Å². The van der Waals surface area contributed by atoms with Crippen LogP contribution in [0.15, 0.2) is 12.7 Å². The van der Waals surface area contributed by atoms with Crippen LogP contribution in [0.5, 0.6) is 0 Å². The lowest BCUT2D eigenvalue weighted by molar-refractivity contribution is -0.152. The molecule has 0 aromatic heterocycles. The second-order valence-corrected chi connectivity index (χ2v) is 1.88. The van der Waals surface area contributed by atoms with Gasteiger partial charge in [-0.2, -0.15) is 0 Å². The Kier molecular flexibility index (Phi) is 4.45. The molecule has 0 fully saturated rings. The Bertz CT molecular complexity index is 147. The topological polar surface area (TPSA) is 46.5 Å². The summed E-state index contributed by atoms with van der Waals surface area (Å²) in [6, 6.07) is 0. The summed E-state index contributed by atoms with van der Waals surface area (Å²) < 4.78 is 16.9. The zero-order chi connectivity index (χ0) is 8.85. The number of aliphatic hydroxyl groups is 1. The van der Waals surface area contributed by atoms with Gasteiger partial charge in [-0.3, -0.25) is 0 Å². The van der Waals surface area contributed by atoms with E-state index < -0.39 is 18.2 Å². The highest BCUT2D eigenvalue weighted by molar-refractivity contribution is 5.75. The van der Waals surface area contributed by atoms with Crippen LogP contribution in [0, 0.1) is 0 Å². The summed E-state index contributed by atoms with van der Waals surface area (Å²) in [7, 11) is 0. The molecule has 0 radical (unpaired) electrons. The molecule has 0 rings (SSSR count). The van der Waals surface area contributed by atoms with Gasteiger partial charge >= 0.3 is 5.97 Å². The minimum atomic E-state index is -2.02. The maximum absolute atomic E-state index is 12.6. The summed E-state index contributed by atoms with van der Waals surface area (Å²) in [6.07, 6.45) is -2.55. The largest absolute Gasteiger partial charge is 0.464 e. The number of hydrogen-bond acceptors (Lipinski definition) is 3. The monoisotopic (exact) mass is 162 g/mol. The van der Waals surface area contributed by atoms with Crippen LogP contribution in [0.4, 0.5) is 4.39 Å². The van der Waals surface area contributed by atoms with Gasteiger partial charge in [0.05, 0.1) is 6.61 Å². The van der Waals surface area contributed by atoms with Gasteiger partial charge in [0.25, 0.3) is 0 Å². The lowest BCUT2D eigenvalue weighted by atomic mass is 10.2. The molecule has 3 nitrogen and oxygen atoms in total. The van der Waals surface area contributed by atoms with Crippen LogP contribution in [-0.4, -0.2) is 30.0 Å². The Hall–Kier alpha value is -0.900. The number of ether oxygens (including phenoxy) is 1. The second kappa shape index (κ2) is 4.85. The third-order valence-corrected chi connectivity index (χ3v) is 1.05. The minimum Gasteiger partial charge on any atom is -0.464 e. The fraction of sp³-hybridized carbons (Fsp3) is 0.571. The predicted molar refractivity (Wildman–Crippen MR) is 37.7 cm³/mol. The van der Waals surface area contributed by atoms with Crippen molar-refractivity contribution in [2.45, 2.75) is 19.2 Å². The van der Waals surface area contributed by atoms with Crippen LogP contribution in [0.1, 0.15) is 6.92 Å². The van der Waals surface area contributed by atoms with Crippen molar-refractivity contribution in [2.75, 3.05) is 6.61 Å². The van der Waals surface area contributed by atoms with Gasteiger partial charge in [-0.1, -0.05) is 6.08 Å². The number of hydrogen-bond donors (Lipinski definition) is 1. The van der Waals surface area contributed by atoms with E-state index >= 15 is 0 Å². The maximum atomic E-state index is 12.6. The van der Waals surface area contributed by atoms with E-state index in [9.17, 15) is 9.18 Å². The van der Waals surface area contributed by atoms with Crippen molar-refractivity contribution in [2.24, 2.45) is 0 Å². The smallest absolute Gasteiger partial charge is 0.343 e. The summed E-state index contributed by atoms with van der Waals surface area (Å²) in [6.45, 7) is 4.79. The van der Waals surface area contributed by atoms with Crippen molar-refractivity contribution >= 4 is 5.97 Å². The highest BCUT2D eigenvalue weighted by Crippen LogP contribution is 2.02. The number of alkyl halides is 1. The number of carbonyl (C=O) groups excluding carboxylic acids is 1. The molecule has 64 valence electrons. The first kappa shape index (κ1) is 10.1. The molecule has 0 bridgehead atoms. The van der Waals surface area contributed by atoms with E-state index in [1.54, 1.807) is 6.92 Å². The normalized spacial score (nSPS) is 15.2. The Labute approximate surface area is 64.5 Å². The summed E-state index contributed by atoms with van der Waals surface area (Å²) in [5.74, 6) is -1.06.